The first kappa shape index (κ1) is 29.4. The zero-order valence-electron chi connectivity index (χ0n) is 24.3. The van der Waals surface area contributed by atoms with Gasteiger partial charge in [-0.2, -0.15) is 5.10 Å². The molecule has 0 spiro atoms. The van der Waals surface area contributed by atoms with Crippen LogP contribution >= 0.6 is 0 Å². The molecule has 8 heteroatoms. The first-order valence-corrected chi connectivity index (χ1v) is 15.3. The topological polar surface area (TPSA) is 94.3 Å². The Labute approximate surface area is 238 Å². The summed E-state index contributed by atoms with van der Waals surface area (Å²) in [5, 5.41) is 19.0. The minimum Gasteiger partial charge on any atom is -0.274 e. The van der Waals surface area contributed by atoms with E-state index in [0.29, 0.717) is 18.9 Å². The first-order valence-electron chi connectivity index (χ1n) is 15.3. The molecule has 0 amide bonds. The second-order valence-electron chi connectivity index (χ2n) is 10.8. The molecule has 0 atom stereocenters. The van der Waals surface area contributed by atoms with Gasteiger partial charge in [0.2, 0.25) is 0 Å². The average Bonchev–Trinajstić information content (AvgIpc) is 3.62. The van der Waals surface area contributed by atoms with Crippen LogP contribution in [-0.4, -0.2) is 35.0 Å². The summed E-state index contributed by atoms with van der Waals surface area (Å²) in [5.74, 6) is 1.57. The number of nitrogens with zero attached hydrogens (tertiary/aromatic N) is 6. The maximum atomic E-state index is 13.4. The van der Waals surface area contributed by atoms with Crippen LogP contribution in [0.1, 0.15) is 102 Å². The van der Waals surface area contributed by atoms with Crippen LogP contribution in [0.25, 0.3) is 22.5 Å². The molecule has 0 radical (unpaired) electrons. The number of tetrazole rings is 1. The highest BCUT2D eigenvalue weighted by molar-refractivity contribution is 5.70. The lowest BCUT2D eigenvalue weighted by molar-refractivity contribution is 0.510. The van der Waals surface area contributed by atoms with Crippen LogP contribution in [0.4, 0.5) is 0 Å². The number of hydrogen-bond donors (Lipinski definition) is 1. The zero-order chi connectivity index (χ0) is 28.0. The van der Waals surface area contributed by atoms with Crippen molar-refractivity contribution in [2.24, 2.45) is 0 Å². The number of unbranched alkanes of at least 4 members (excludes halogenated alkanes) is 10. The molecule has 0 aliphatic rings. The number of H-pyrrole nitrogens is 1. The second-order valence-corrected chi connectivity index (χ2v) is 10.8. The first-order chi connectivity index (χ1) is 19.7. The highest BCUT2D eigenvalue weighted by Gasteiger charge is 2.14. The fraction of sp³-hybridized carbons (Fsp3) is 0.531. The van der Waals surface area contributed by atoms with Gasteiger partial charge in [-0.25, -0.2) is 14.6 Å². The van der Waals surface area contributed by atoms with Gasteiger partial charge in [0.15, 0.2) is 5.82 Å². The number of aryl methyl sites for hydroxylation is 2. The highest BCUT2D eigenvalue weighted by Crippen LogP contribution is 2.24. The lowest BCUT2D eigenvalue weighted by Gasteiger charge is -2.08. The van der Waals surface area contributed by atoms with Crippen LogP contribution in [0.5, 0.6) is 0 Å². The van der Waals surface area contributed by atoms with Gasteiger partial charge in [0, 0.05) is 18.5 Å². The van der Waals surface area contributed by atoms with Crippen molar-refractivity contribution in [3.8, 4) is 22.5 Å². The third-order valence-corrected chi connectivity index (χ3v) is 7.59. The lowest BCUT2D eigenvalue weighted by atomic mass is 10.0. The smallest absolute Gasteiger partial charge is 0.274 e. The van der Waals surface area contributed by atoms with Gasteiger partial charge in [-0.1, -0.05) is 121 Å². The fourth-order valence-corrected chi connectivity index (χ4v) is 5.19. The van der Waals surface area contributed by atoms with E-state index in [1.165, 1.54) is 57.8 Å². The highest BCUT2D eigenvalue weighted by atomic mass is 16.2. The number of benzene rings is 2. The number of hydrogen-bond acceptors (Lipinski definition) is 5. The molecule has 0 aliphatic heterocycles. The van der Waals surface area contributed by atoms with Crippen molar-refractivity contribution >= 4 is 0 Å². The zero-order valence-corrected chi connectivity index (χ0v) is 24.3. The van der Waals surface area contributed by atoms with Gasteiger partial charge < -0.3 is 0 Å². The number of rotatable bonds is 18. The quantitative estimate of drug-likeness (QED) is 0.134. The van der Waals surface area contributed by atoms with Crippen molar-refractivity contribution in [1.29, 1.82) is 0 Å². The molecule has 4 rings (SSSR count). The predicted octanol–water partition coefficient (Wildman–Crippen LogP) is 7.20. The molecule has 2 aromatic heterocycles. The predicted molar refractivity (Wildman–Crippen MR) is 161 cm³/mol. The molecule has 4 aromatic rings. The van der Waals surface area contributed by atoms with Crippen molar-refractivity contribution in [2.75, 3.05) is 0 Å². The molecule has 1 N–H and O–H groups in total. The Morgan fingerprint density at radius 2 is 1.43 bits per heavy atom. The Morgan fingerprint density at radius 1 is 0.750 bits per heavy atom. The fourth-order valence-electron chi connectivity index (χ4n) is 5.19. The molecule has 2 aromatic carbocycles. The molecule has 214 valence electrons. The van der Waals surface area contributed by atoms with Gasteiger partial charge in [0.25, 0.3) is 0 Å². The summed E-state index contributed by atoms with van der Waals surface area (Å²) in [6.45, 7) is 5.73. The number of aromatic amines is 1. The summed E-state index contributed by atoms with van der Waals surface area (Å²) in [6, 6.07) is 16.6. The van der Waals surface area contributed by atoms with Crippen molar-refractivity contribution in [2.45, 2.75) is 110 Å². The molecule has 0 fully saturated rings. The van der Waals surface area contributed by atoms with E-state index in [4.69, 9.17) is 5.10 Å². The van der Waals surface area contributed by atoms with E-state index in [2.05, 4.69) is 70.9 Å². The van der Waals surface area contributed by atoms with Crippen LogP contribution < -0.4 is 5.69 Å². The summed E-state index contributed by atoms with van der Waals surface area (Å²) in [6.07, 6.45) is 15.4. The summed E-state index contributed by atoms with van der Waals surface area (Å²) in [4.78, 5) is 13.4. The summed E-state index contributed by atoms with van der Waals surface area (Å²) >= 11 is 0. The minimum absolute atomic E-state index is 0.0204. The lowest BCUT2D eigenvalue weighted by Crippen LogP contribution is -2.26. The average molecular weight is 544 g/mol. The summed E-state index contributed by atoms with van der Waals surface area (Å²) < 4.78 is 3.61. The van der Waals surface area contributed by atoms with E-state index < -0.39 is 0 Å². The maximum Gasteiger partial charge on any atom is 0.346 e. The van der Waals surface area contributed by atoms with Gasteiger partial charge in [0.05, 0.1) is 6.54 Å². The summed E-state index contributed by atoms with van der Waals surface area (Å²) in [5.41, 5.74) is 4.26. The second kappa shape index (κ2) is 15.9. The van der Waals surface area contributed by atoms with Crippen LogP contribution in [0.15, 0.2) is 53.3 Å². The van der Waals surface area contributed by atoms with Crippen molar-refractivity contribution < 1.29 is 0 Å². The van der Waals surface area contributed by atoms with E-state index in [-0.39, 0.29) is 5.69 Å². The van der Waals surface area contributed by atoms with Gasteiger partial charge >= 0.3 is 5.69 Å². The molecule has 40 heavy (non-hydrogen) atoms. The van der Waals surface area contributed by atoms with Crippen LogP contribution in [-0.2, 0) is 19.5 Å². The number of aromatic nitrogens is 7. The van der Waals surface area contributed by atoms with E-state index in [9.17, 15) is 4.79 Å². The largest absolute Gasteiger partial charge is 0.346 e. The van der Waals surface area contributed by atoms with Crippen molar-refractivity contribution in [3.05, 3.63) is 70.4 Å². The van der Waals surface area contributed by atoms with E-state index >= 15 is 0 Å². The molecule has 0 saturated carbocycles. The molecular weight excluding hydrogens is 498 g/mol. The van der Waals surface area contributed by atoms with Crippen LogP contribution in [0.3, 0.4) is 0 Å². The van der Waals surface area contributed by atoms with Crippen molar-refractivity contribution in [3.63, 3.8) is 0 Å². The van der Waals surface area contributed by atoms with Gasteiger partial charge in [0.1, 0.15) is 5.82 Å². The normalized spacial score (nSPS) is 11.3. The monoisotopic (exact) mass is 543 g/mol. The minimum atomic E-state index is 0.0204. The van der Waals surface area contributed by atoms with Gasteiger partial charge in [-0.05, 0) is 46.0 Å². The Kier molecular flexibility index (Phi) is 11.7. The van der Waals surface area contributed by atoms with E-state index in [1.807, 2.05) is 16.7 Å². The molecule has 8 nitrogen and oxygen atoms in total. The third kappa shape index (κ3) is 8.47. The Hall–Kier alpha value is -3.55. The Balaban J connectivity index is 1.44. The molecular formula is C32H45N7O. The molecule has 0 unspecified atom stereocenters. The van der Waals surface area contributed by atoms with Gasteiger partial charge in [-0.15, -0.1) is 5.10 Å². The van der Waals surface area contributed by atoms with Gasteiger partial charge in [-0.3, -0.25) is 4.57 Å². The van der Waals surface area contributed by atoms with Crippen molar-refractivity contribution in [1.82, 2.24) is 35.0 Å². The molecule has 2 heterocycles. The van der Waals surface area contributed by atoms with E-state index in [0.717, 1.165) is 53.8 Å². The van der Waals surface area contributed by atoms with Crippen LogP contribution in [0, 0.1) is 0 Å². The Morgan fingerprint density at radius 3 is 2.12 bits per heavy atom. The molecule has 0 saturated heterocycles. The molecule has 0 aliphatic carbocycles. The standard InChI is InChI=1S/C32H45N7O/c1-3-5-7-9-11-13-18-30-35-39(23-14-12-10-8-6-4-2)32(40)38(30)25-26-19-21-27(22-20-26)28-16-15-17-29(24-28)31-33-36-37-34-31/h15-17,19-22,24H,3-14,18,23,25H2,1-2H3,(H,33,34,36,37). The third-order valence-electron chi connectivity index (χ3n) is 7.59. The maximum absolute atomic E-state index is 13.4. The van der Waals surface area contributed by atoms with Crippen LogP contribution in [0.2, 0.25) is 0 Å². The molecule has 0 bridgehead atoms. The van der Waals surface area contributed by atoms with E-state index in [1.54, 1.807) is 4.68 Å². The summed E-state index contributed by atoms with van der Waals surface area (Å²) in [7, 11) is 0. The Bertz CT molecular complexity index is 1320. The SMILES string of the molecule is CCCCCCCCc1nn(CCCCCCCC)c(=O)n1Cc1ccc(-c2cccc(-c3nnn[nH]3)c2)cc1. The number of nitrogens with one attached hydrogen (secondary N) is 1.